The second-order valence-electron chi connectivity index (χ2n) is 9.30. The number of fused-ring (bicyclic) bond motifs is 1. The fraction of sp³-hybridized carbons (Fsp3) is 0.417. The van der Waals surface area contributed by atoms with Gasteiger partial charge in [0, 0.05) is 39.0 Å². The molecule has 1 atom stereocenters. The maximum atomic E-state index is 13.4. The summed E-state index contributed by atoms with van der Waals surface area (Å²) in [4.78, 5) is 22.4. The van der Waals surface area contributed by atoms with Gasteiger partial charge in [0.05, 0.1) is 20.0 Å². The molecule has 0 spiro atoms. The first-order chi connectivity index (χ1) is 17.0. The van der Waals surface area contributed by atoms with Gasteiger partial charge in [-0.2, -0.15) is 4.31 Å². The average Bonchev–Trinajstić information content (AvgIpc) is 3.51. The molecule has 0 aliphatic carbocycles. The molecule has 0 saturated carbocycles. The fourth-order valence-corrected chi connectivity index (χ4v) is 8.14. The van der Waals surface area contributed by atoms with E-state index in [9.17, 15) is 21.6 Å². The molecule has 36 heavy (non-hydrogen) atoms. The van der Waals surface area contributed by atoms with E-state index in [1.165, 1.54) is 21.9 Å². The van der Waals surface area contributed by atoms with Crippen molar-refractivity contribution in [3.8, 4) is 0 Å². The molecular formula is C24H28N4O5S3. The Balaban J connectivity index is 1.27. The second-order valence-corrected chi connectivity index (χ2v) is 14.2. The highest BCUT2D eigenvalue weighted by molar-refractivity contribution is 7.90. The first-order valence-electron chi connectivity index (χ1n) is 11.8. The van der Waals surface area contributed by atoms with Crippen molar-refractivity contribution in [2.45, 2.75) is 35.6 Å². The molecule has 0 bridgehead atoms. The van der Waals surface area contributed by atoms with Gasteiger partial charge in [-0.3, -0.25) is 4.79 Å². The lowest BCUT2D eigenvalue weighted by atomic mass is 10.2. The smallest absolute Gasteiger partial charge is 0.243 e. The van der Waals surface area contributed by atoms with Crippen molar-refractivity contribution in [2.24, 2.45) is 0 Å². The average molecular weight is 549 g/mol. The molecule has 192 valence electrons. The summed E-state index contributed by atoms with van der Waals surface area (Å²) in [6.07, 6.45) is 2.36. The van der Waals surface area contributed by atoms with Gasteiger partial charge in [-0.05, 0) is 50.1 Å². The Kier molecular flexibility index (Phi) is 6.56. The Bertz CT molecular complexity index is 1510. The van der Waals surface area contributed by atoms with Crippen molar-refractivity contribution in [1.29, 1.82) is 0 Å². The predicted octanol–water partition coefficient (Wildman–Crippen LogP) is 2.51. The van der Waals surface area contributed by atoms with Gasteiger partial charge in [0.2, 0.25) is 15.9 Å². The standard InChI is InChI=1S/C24H28N4O5S3/c1-17-5-7-18(8-6-17)36(32,33)28-11-3-4-21(28)23(29)26-12-14-27(15-13-26)24-25-20-10-9-19(35(2,30)31)16-22(20)34-24/h5-10,16,21H,3-4,11-15H2,1-2H3. The molecule has 0 N–H and O–H groups in total. The number of rotatable bonds is 5. The number of carbonyl (C=O) groups excluding carboxylic acids is 1. The monoisotopic (exact) mass is 548 g/mol. The van der Waals surface area contributed by atoms with Crippen LogP contribution in [0.2, 0.25) is 0 Å². The van der Waals surface area contributed by atoms with E-state index < -0.39 is 25.9 Å². The number of sulfone groups is 1. The summed E-state index contributed by atoms with van der Waals surface area (Å²) < 4.78 is 52.4. The van der Waals surface area contributed by atoms with Crippen molar-refractivity contribution in [2.75, 3.05) is 43.9 Å². The summed E-state index contributed by atoms with van der Waals surface area (Å²) in [5, 5.41) is 0.784. The summed E-state index contributed by atoms with van der Waals surface area (Å²) in [5.41, 5.74) is 1.72. The minimum atomic E-state index is -3.75. The number of aryl methyl sites for hydroxylation is 1. The van der Waals surface area contributed by atoms with Crippen molar-refractivity contribution in [1.82, 2.24) is 14.2 Å². The summed E-state index contributed by atoms with van der Waals surface area (Å²) in [6.45, 7) is 4.33. The van der Waals surface area contributed by atoms with Crippen molar-refractivity contribution >= 4 is 52.5 Å². The number of aromatic nitrogens is 1. The predicted molar refractivity (Wildman–Crippen MR) is 140 cm³/mol. The van der Waals surface area contributed by atoms with Crippen LogP contribution < -0.4 is 4.90 Å². The Morgan fingerprint density at radius 2 is 1.61 bits per heavy atom. The highest BCUT2D eigenvalue weighted by Gasteiger charge is 2.41. The van der Waals surface area contributed by atoms with Gasteiger partial charge in [0.1, 0.15) is 6.04 Å². The molecule has 5 rings (SSSR count). The normalized spacial score (nSPS) is 19.8. The summed E-state index contributed by atoms with van der Waals surface area (Å²) in [5.74, 6) is -0.148. The van der Waals surface area contributed by atoms with Gasteiger partial charge in [0.25, 0.3) is 0 Å². The van der Waals surface area contributed by atoms with E-state index in [4.69, 9.17) is 0 Å². The number of nitrogens with zero attached hydrogens (tertiary/aromatic N) is 4. The second kappa shape index (κ2) is 9.40. The minimum absolute atomic E-state index is 0.148. The van der Waals surface area contributed by atoms with Crippen molar-refractivity contribution < 1.29 is 21.6 Å². The van der Waals surface area contributed by atoms with E-state index in [1.807, 2.05) is 6.92 Å². The maximum Gasteiger partial charge on any atom is 0.243 e. The molecule has 12 heteroatoms. The molecule has 0 radical (unpaired) electrons. The van der Waals surface area contributed by atoms with Crippen LogP contribution in [-0.2, 0) is 24.7 Å². The summed E-state index contributed by atoms with van der Waals surface area (Å²) in [6, 6.07) is 11.0. The molecule has 2 aliphatic rings. The Morgan fingerprint density at radius 3 is 2.28 bits per heavy atom. The van der Waals surface area contributed by atoms with E-state index in [0.717, 1.165) is 20.9 Å². The van der Waals surface area contributed by atoms with Crippen molar-refractivity contribution in [3.05, 3.63) is 48.0 Å². The summed E-state index contributed by atoms with van der Waals surface area (Å²) in [7, 11) is -7.04. The number of piperazine rings is 1. The molecule has 3 heterocycles. The van der Waals surface area contributed by atoms with Crippen LogP contribution in [0.25, 0.3) is 10.2 Å². The van der Waals surface area contributed by atoms with Gasteiger partial charge in [-0.25, -0.2) is 21.8 Å². The van der Waals surface area contributed by atoms with E-state index >= 15 is 0 Å². The third-order valence-corrected chi connectivity index (χ3v) is 10.9. The minimum Gasteiger partial charge on any atom is -0.345 e. The maximum absolute atomic E-state index is 13.4. The number of amides is 1. The number of hydrogen-bond donors (Lipinski definition) is 0. The molecule has 2 aliphatic heterocycles. The lowest BCUT2D eigenvalue weighted by Gasteiger charge is -2.37. The quantitative estimate of drug-likeness (QED) is 0.482. The van der Waals surface area contributed by atoms with Crippen LogP contribution in [0.1, 0.15) is 18.4 Å². The SMILES string of the molecule is Cc1ccc(S(=O)(=O)N2CCCC2C(=O)N2CCN(c3nc4ccc(S(C)(=O)=O)cc4s3)CC2)cc1. The number of carbonyl (C=O) groups is 1. The van der Waals surface area contributed by atoms with Crippen LogP contribution in [0, 0.1) is 6.92 Å². The highest BCUT2D eigenvalue weighted by Crippen LogP contribution is 2.32. The Morgan fingerprint density at radius 1 is 0.944 bits per heavy atom. The lowest BCUT2D eigenvalue weighted by molar-refractivity contribution is -0.134. The first kappa shape index (κ1) is 25.1. The largest absolute Gasteiger partial charge is 0.345 e. The first-order valence-corrected chi connectivity index (χ1v) is 15.9. The molecule has 2 aromatic carbocycles. The molecule has 1 amide bonds. The van der Waals surface area contributed by atoms with Crippen LogP contribution in [-0.4, -0.2) is 82.0 Å². The molecule has 2 fully saturated rings. The topological polar surface area (TPSA) is 108 Å². The van der Waals surface area contributed by atoms with Crippen molar-refractivity contribution in [3.63, 3.8) is 0 Å². The molecule has 2 saturated heterocycles. The van der Waals surface area contributed by atoms with Crippen LogP contribution in [0.15, 0.2) is 52.3 Å². The van der Waals surface area contributed by atoms with Gasteiger partial charge in [-0.1, -0.05) is 29.0 Å². The van der Waals surface area contributed by atoms with Gasteiger partial charge >= 0.3 is 0 Å². The fourth-order valence-electron chi connectivity index (χ4n) is 4.71. The van der Waals surface area contributed by atoms with Crippen LogP contribution in [0.3, 0.4) is 0 Å². The highest BCUT2D eigenvalue weighted by atomic mass is 32.2. The molecule has 9 nitrogen and oxygen atoms in total. The Labute approximate surface area is 215 Å². The molecule has 1 unspecified atom stereocenters. The molecule has 1 aromatic heterocycles. The number of sulfonamides is 1. The van der Waals surface area contributed by atoms with Crippen LogP contribution >= 0.6 is 11.3 Å². The third-order valence-electron chi connectivity index (χ3n) is 6.75. The van der Waals surface area contributed by atoms with Gasteiger partial charge < -0.3 is 9.80 Å². The zero-order valence-corrected chi connectivity index (χ0v) is 22.6. The van der Waals surface area contributed by atoms with Gasteiger partial charge in [-0.15, -0.1) is 0 Å². The molecule has 3 aromatic rings. The zero-order valence-electron chi connectivity index (χ0n) is 20.1. The summed E-state index contributed by atoms with van der Waals surface area (Å²) >= 11 is 1.43. The number of thiazole rings is 1. The van der Waals surface area contributed by atoms with Crippen LogP contribution in [0.5, 0.6) is 0 Å². The third kappa shape index (κ3) is 4.74. The zero-order chi connectivity index (χ0) is 25.7. The molecular weight excluding hydrogens is 520 g/mol. The van der Waals surface area contributed by atoms with Gasteiger partial charge in [0.15, 0.2) is 15.0 Å². The number of anilines is 1. The van der Waals surface area contributed by atoms with E-state index in [-0.39, 0.29) is 15.7 Å². The Hall–Kier alpha value is -2.54. The van der Waals surface area contributed by atoms with E-state index in [0.29, 0.717) is 45.6 Å². The van der Waals surface area contributed by atoms with Crippen LogP contribution in [0.4, 0.5) is 5.13 Å². The number of benzene rings is 2. The van der Waals surface area contributed by atoms with E-state index in [2.05, 4.69) is 9.88 Å². The lowest BCUT2D eigenvalue weighted by Crippen LogP contribution is -2.54. The number of hydrogen-bond acceptors (Lipinski definition) is 8. The van der Waals surface area contributed by atoms with E-state index in [1.54, 1.807) is 47.4 Å².